The molecule has 3 N–H and O–H groups in total. The Morgan fingerprint density at radius 3 is 2.68 bits per heavy atom. The molecular formula is C19H26N6O3. The highest BCUT2D eigenvalue weighted by Gasteiger charge is 2.35. The van der Waals surface area contributed by atoms with Crippen molar-refractivity contribution in [3.8, 4) is 0 Å². The van der Waals surface area contributed by atoms with Crippen molar-refractivity contribution >= 4 is 29.3 Å². The fraction of sp³-hybridized carbons (Fsp3) is 0.526. The lowest BCUT2D eigenvalue weighted by Gasteiger charge is -2.34. The predicted molar refractivity (Wildman–Crippen MR) is 103 cm³/mol. The zero-order valence-electron chi connectivity index (χ0n) is 16.2. The van der Waals surface area contributed by atoms with Crippen LogP contribution in [-0.4, -0.2) is 44.3 Å². The number of hydrogen-bond donors (Lipinski definition) is 2. The fourth-order valence-electron chi connectivity index (χ4n) is 3.78. The maximum absolute atomic E-state index is 13.1. The summed E-state index contributed by atoms with van der Waals surface area (Å²) in [4.78, 5) is 28.3. The van der Waals surface area contributed by atoms with E-state index in [-0.39, 0.29) is 18.4 Å². The molecule has 0 radical (unpaired) electrons. The van der Waals surface area contributed by atoms with Crippen LogP contribution in [0.1, 0.15) is 38.2 Å². The molecule has 0 bridgehead atoms. The number of aryl methyl sites for hydroxylation is 1. The number of nitrogens with two attached hydrogens (primary N) is 1. The summed E-state index contributed by atoms with van der Waals surface area (Å²) in [6.45, 7) is 4.01. The van der Waals surface area contributed by atoms with E-state index in [1.165, 1.54) is 0 Å². The van der Waals surface area contributed by atoms with Gasteiger partial charge in [-0.1, -0.05) is 25.8 Å². The van der Waals surface area contributed by atoms with E-state index in [9.17, 15) is 14.8 Å². The van der Waals surface area contributed by atoms with Gasteiger partial charge in [0, 0.05) is 0 Å². The largest absolute Gasteiger partial charge is 0.286 e. The van der Waals surface area contributed by atoms with Gasteiger partial charge in [-0.15, -0.1) is 10.2 Å². The number of hydrazine groups is 1. The number of nitrogens with zero attached hydrogens (tertiary/aromatic N) is 5. The van der Waals surface area contributed by atoms with Crippen molar-refractivity contribution in [2.45, 2.75) is 39.5 Å². The number of hydroxylamine groups is 2. The zero-order chi connectivity index (χ0) is 20.3. The van der Waals surface area contributed by atoms with Gasteiger partial charge in [0.05, 0.1) is 18.0 Å². The molecule has 0 saturated heterocycles. The summed E-state index contributed by atoms with van der Waals surface area (Å²) in [5.41, 5.74) is 2.23. The molecule has 28 heavy (non-hydrogen) atoms. The lowest BCUT2D eigenvalue weighted by atomic mass is 9.76. The number of carbonyl (C=O) groups excluding carboxylic acids is 2. The highest BCUT2D eigenvalue weighted by Crippen LogP contribution is 2.34. The van der Waals surface area contributed by atoms with Crippen LogP contribution in [0, 0.1) is 24.7 Å². The minimum Gasteiger partial charge on any atom is -0.286 e. The number of hydrogen-bond acceptors (Lipinski definition) is 7. The van der Waals surface area contributed by atoms with Crippen LogP contribution in [-0.2, 0) is 9.59 Å². The predicted octanol–water partition coefficient (Wildman–Crippen LogP) is 1.83. The maximum atomic E-state index is 13.1. The van der Waals surface area contributed by atoms with Crippen LogP contribution in [0.25, 0.3) is 11.0 Å². The molecule has 1 atom stereocenters. The molecule has 150 valence electrons. The zero-order valence-corrected chi connectivity index (χ0v) is 16.2. The molecular weight excluding hydrogens is 360 g/mol. The summed E-state index contributed by atoms with van der Waals surface area (Å²) in [6.07, 6.45) is 3.98. The number of rotatable bonds is 6. The molecule has 1 saturated carbocycles. The van der Waals surface area contributed by atoms with Crippen molar-refractivity contribution in [3.05, 3.63) is 23.8 Å². The molecule has 0 aliphatic heterocycles. The van der Waals surface area contributed by atoms with Gasteiger partial charge in [0.15, 0.2) is 0 Å². The number of carbonyl (C=O) groups is 2. The van der Waals surface area contributed by atoms with Gasteiger partial charge in [-0.3, -0.25) is 14.8 Å². The monoisotopic (exact) mass is 386 g/mol. The van der Waals surface area contributed by atoms with Gasteiger partial charge in [-0.2, -0.15) is 0 Å². The topological polar surface area (TPSA) is 126 Å². The molecule has 1 aromatic carbocycles. The summed E-state index contributed by atoms with van der Waals surface area (Å²) in [5, 5.41) is 19.2. The van der Waals surface area contributed by atoms with Crippen molar-refractivity contribution in [2.75, 3.05) is 11.6 Å². The average Bonchev–Trinajstić information content (AvgIpc) is 2.71. The smallest absolute Gasteiger partial charge is 0.267 e. The number of fused-ring (bicyclic) bond motifs is 1. The molecule has 3 rings (SSSR count). The molecule has 0 spiro atoms. The number of anilines is 1. The molecule has 9 nitrogen and oxygen atoms in total. The Morgan fingerprint density at radius 1 is 1.29 bits per heavy atom. The first-order valence-electron chi connectivity index (χ1n) is 9.49. The Kier molecular flexibility index (Phi) is 6.15. The third kappa shape index (κ3) is 4.42. The van der Waals surface area contributed by atoms with Crippen LogP contribution in [0.2, 0.25) is 0 Å². The number of benzene rings is 1. The van der Waals surface area contributed by atoms with Gasteiger partial charge in [0.2, 0.25) is 12.3 Å². The van der Waals surface area contributed by atoms with Crippen molar-refractivity contribution < 1.29 is 14.8 Å². The molecule has 2 amide bonds. The molecule has 0 unspecified atom stereocenters. The van der Waals surface area contributed by atoms with Gasteiger partial charge in [0.25, 0.3) is 5.95 Å². The van der Waals surface area contributed by atoms with Crippen molar-refractivity contribution in [3.63, 3.8) is 0 Å². The highest BCUT2D eigenvalue weighted by atomic mass is 16.5. The second-order valence-corrected chi connectivity index (χ2v) is 7.67. The summed E-state index contributed by atoms with van der Waals surface area (Å²) in [7, 11) is 0. The molecule has 2 aromatic rings. The Labute approximate surface area is 163 Å². The summed E-state index contributed by atoms with van der Waals surface area (Å²) < 4.78 is 0. The van der Waals surface area contributed by atoms with E-state index < -0.39 is 11.8 Å². The van der Waals surface area contributed by atoms with E-state index in [2.05, 4.69) is 22.1 Å². The third-order valence-corrected chi connectivity index (χ3v) is 5.50. The summed E-state index contributed by atoms with van der Waals surface area (Å²) in [6, 6.07) is 5.54. The first-order chi connectivity index (χ1) is 13.4. The van der Waals surface area contributed by atoms with E-state index in [1.807, 2.05) is 19.1 Å². The molecule has 1 fully saturated rings. The van der Waals surface area contributed by atoms with Gasteiger partial charge in [-0.25, -0.2) is 20.9 Å². The minimum absolute atomic E-state index is 0.00822. The lowest BCUT2D eigenvalue weighted by Crippen LogP contribution is -2.48. The number of amides is 2. The number of aromatic nitrogens is 3. The minimum atomic E-state index is -0.634. The third-order valence-electron chi connectivity index (χ3n) is 5.50. The molecule has 1 aliphatic rings. The second-order valence-electron chi connectivity index (χ2n) is 7.67. The molecule has 1 aliphatic carbocycles. The second kappa shape index (κ2) is 8.57. The van der Waals surface area contributed by atoms with Crippen molar-refractivity contribution in [1.29, 1.82) is 0 Å². The van der Waals surface area contributed by atoms with Crippen LogP contribution in [0.4, 0.5) is 5.95 Å². The van der Waals surface area contributed by atoms with Crippen LogP contribution in [0.5, 0.6) is 0 Å². The van der Waals surface area contributed by atoms with E-state index in [1.54, 1.807) is 6.07 Å². The lowest BCUT2D eigenvalue weighted by molar-refractivity contribution is -0.156. The van der Waals surface area contributed by atoms with E-state index in [4.69, 9.17) is 5.84 Å². The van der Waals surface area contributed by atoms with Gasteiger partial charge in [-0.05, 0) is 49.3 Å². The van der Waals surface area contributed by atoms with Crippen LogP contribution in [0.3, 0.4) is 0 Å². The molecule has 1 aromatic heterocycles. The van der Waals surface area contributed by atoms with E-state index in [0.29, 0.717) is 28.4 Å². The Morgan fingerprint density at radius 2 is 2.00 bits per heavy atom. The normalized spacial score (nSPS) is 20.6. The standard InChI is InChI=1S/C19H26N6O3/c1-12-3-6-14(7-4-12)15(10-24(28)11-26)18(27)25(20)19-21-16-8-5-13(2)9-17(16)22-23-19/h5,8-9,11-12,14-15,28H,3-4,6-7,10,20H2,1-2H3/t12?,14?,15-/m0/s1. The maximum Gasteiger partial charge on any atom is 0.267 e. The molecule has 1 heterocycles. The highest BCUT2D eigenvalue weighted by molar-refractivity contribution is 5.93. The van der Waals surface area contributed by atoms with Gasteiger partial charge < -0.3 is 0 Å². The van der Waals surface area contributed by atoms with Gasteiger partial charge >= 0.3 is 0 Å². The quantitative estimate of drug-likeness (QED) is 0.255. The van der Waals surface area contributed by atoms with Crippen LogP contribution in [0.15, 0.2) is 18.2 Å². The van der Waals surface area contributed by atoms with Crippen LogP contribution < -0.4 is 10.9 Å². The first-order valence-corrected chi connectivity index (χ1v) is 9.49. The summed E-state index contributed by atoms with van der Waals surface area (Å²) >= 11 is 0. The van der Waals surface area contributed by atoms with Gasteiger partial charge in [0.1, 0.15) is 5.52 Å². The van der Waals surface area contributed by atoms with Crippen molar-refractivity contribution in [1.82, 2.24) is 20.2 Å². The fourth-order valence-corrected chi connectivity index (χ4v) is 3.78. The molecule has 9 heteroatoms. The van der Waals surface area contributed by atoms with E-state index in [0.717, 1.165) is 36.3 Å². The summed E-state index contributed by atoms with van der Waals surface area (Å²) in [5.74, 6) is 5.60. The SMILES string of the molecule is Cc1ccc2nc(N(N)C(=O)[C@@H](CN(O)C=O)C3CCC(C)CC3)nnc2c1. The first kappa shape index (κ1) is 20.1. The Bertz CT molecular complexity index is 853. The average molecular weight is 386 g/mol. The van der Waals surface area contributed by atoms with Crippen LogP contribution >= 0.6 is 0 Å². The Balaban J connectivity index is 1.84. The van der Waals surface area contributed by atoms with E-state index >= 15 is 0 Å². The Hall–Kier alpha value is -2.65. The van der Waals surface area contributed by atoms with Crippen molar-refractivity contribution in [2.24, 2.45) is 23.6 Å².